The summed E-state index contributed by atoms with van der Waals surface area (Å²) in [5.41, 5.74) is 2.53. The van der Waals surface area contributed by atoms with Crippen LogP contribution < -0.4 is 4.57 Å². The van der Waals surface area contributed by atoms with Crippen molar-refractivity contribution in [3.05, 3.63) is 54.9 Å². The van der Waals surface area contributed by atoms with Gasteiger partial charge in [0.2, 0.25) is 10.4 Å². The molecule has 2 aromatic rings. The van der Waals surface area contributed by atoms with Crippen LogP contribution in [0.15, 0.2) is 54.9 Å². The number of benzene rings is 1. The predicted molar refractivity (Wildman–Crippen MR) is 69.8 cm³/mol. The van der Waals surface area contributed by atoms with Crippen LogP contribution in [0.3, 0.4) is 0 Å². The van der Waals surface area contributed by atoms with Gasteiger partial charge in [-0.3, -0.25) is 4.18 Å². The van der Waals surface area contributed by atoms with Crippen molar-refractivity contribution in [3.8, 4) is 11.1 Å². The average Bonchev–Trinajstić information content (AvgIpc) is 2.40. The third-order valence-electron chi connectivity index (χ3n) is 2.29. The molecule has 5 nitrogen and oxygen atoms in total. The van der Waals surface area contributed by atoms with E-state index in [2.05, 4.69) is 53.0 Å². The lowest BCUT2D eigenvalue weighted by Gasteiger charge is -1.98. The Morgan fingerprint density at radius 2 is 1.42 bits per heavy atom. The molecule has 0 aliphatic heterocycles. The lowest BCUT2D eigenvalue weighted by atomic mass is 10.1. The lowest BCUT2D eigenvalue weighted by molar-refractivity contribution is -0.671. The molecule has 0 amide bonds. The quantitative estimate of drug-likeness (QED) is 0.472. The van der Waals surface area contributed by atoms with E-state index in [0.29, 0.717) is 0 Å². The van der Waals surface area contributed by atoms with E-state index in [9.17, 15) is 13.0 Å². The largest absolute Gasteiger partial charge is 0.726 e. The van der Waals surface area contributed by atoms with Crippen molar-refractivity contribution in [2.75, 3.05) is 7.11 Å². The van der Waals surface area contributed by atoms with Gasteiger partial charge in [-0.05, 0) is 11.1 Å². The summed E-state index contributed by atoms with van der Waals surface area (Å²) in [6.07, 6.45) is 4.12. The molecule has 2 rings (SSSR count). The van der Waals surface area contributed by atoms with Crippen LogP contribution in [0.4, 0.5) is 0 Å². The first-order valence-electron chi connectivity index (χ1n) is 5.44. The molecule has 0 saturated carbocycles. The van der Waals surface area contributed by atoms with Crippen LogP contribution in [0.5, 0.6) is 0 Å². The first kappa shape index (κ1) is 15.3. The average molecular weight is 281 g/mol. The van der Waals surface area contributed by atoms with Gasteiger partial charge in [0, 0.05) is 12.1 Å². The molecule has 0 fully saturated rings. The zero-order chi connectivity index (χ0) is 14.3. The van der Waals surface area contributed by atoms with E-state index in [4.69, 9.17) is 0 Å². The normalized spacial score (nSPS) is 10.5. The van der Waals surface area contributed by atoms with Crippen molar-refractivity contribution in [3.63, 3.8) is 0 Å². The summed E-state index contributed by atoms with van der Waals surface area (Å²) in [5, 5.41) is 0. The van der Waals surface area contributed by atoms with Gasteiger partial charge in [0.05, 0.1) is 7.11 Å². The molecular formula is C13H15NO4S. The number of aromatic nitrogens is 1. The maximum atomic E-state index is 9.22. The molecule has 0 atom stereocenters. The molecule has 0 bridgehead atoms. The maximum Gasteiger partial charge on any atom is 0.217 e. The van der Waals surface area contributed by atoms with Gasteiger partial charge in [0.1, 0.15) is 7.05 Å². The van der Waals surface area contributed by atoms with Gasteiger partial charge >= 0.3 is 0 Å². The molecule has 0 aliphatic rings. The standard InChI is InChI=1S/C12H12N.CH4O4S/c1-13-9-7-12(8-10-13)11-5-3-2-4-6-11;1-5-6(2,3)4/h2-10H,1H3;1H3,(H,2,3,4)/q+1;/p-1. The number of hydrogen-bond donors (Lipinski definition) is 0. The lowest BCUT2D eigenvalue weighted by Crippen LogP contribution is -2.25. The van der Waals surface area contributed by atoms with Crippen molar-refractivity contribution < 1.29 is 21.7 Å². The molecule has 19 heavy (non-hydrogen) atoms. The minimum absolute atomic E-state index is 0.808. The predicted octanol–water partition coefficient (Wildman–Crippen LogP) is 1.27. The molecule has 0 unspecified atom stereocenters. The van der Waals surface area contributed by atoms with Crippen molar-refractivity contribution in [1.82, 2.24) is 0 Å². The third-order valence-corrected chi connectivity index (χ3v) is 2.70. The summed E-state index contributed by atoms with van der Waals surface area (Å²) < 4.78 is 33.1. The second kappa shape index (κ2) is 6.98. The zero-order valence-electron chi connectivity index (χ0n) is 10.7. The van der Waals surface area contributed by atoms with Gasteiger partial charge < -0.3 is 4.55 Å². The van der Waals surface area contributed by atoms with E-state index in [-0.39, 0.29) is 0 Å². The van der Waals surface area contributed by atoms with Crippen LogP contribution in [-0.4, -0.2) is 20.1 Å². The van der Waals surface area contributed by atoms with Gasteiger partial charge in [0.15, 0.2) is 12.4 Å². The molecule has 1 aromatic heterocycles. The fraction of sp³-hybridized carbons (Fsp3) is 0.154. The zero-order valence-corrected chi connectivity index (χ0v) is 11.5. The molecule has 0 N–H and O–H groups in total. The third kappa shape index (κ3) is 6.10. The van der Waals surface area contributed by atoms with Crippen LogP contribution in [0, 0.1) is 0 Å². The summed E-state index contributed by atoms with van der Waals surface area (Å²) in [6.45, 7) is 0. The van der Waals surface area contributed by atoms with E-state index in [1.165, 1.54) is 11.1 Å². The van der Waals surface area contributed by atoms with Crippen LogP contribution in [-0.2, 0) is 21.6 Å². The number of aryl methyl sites for hydroxylation is 1. The number of nitrogens with zero attached hydrogens (tertiary/aromatic N) is 1. The summed E-state index contributed by atoms with van der Waals surface area (Å²) >= 11 is 0. The van der Waals surface area contributed by atoms with E-state index >= 15 is 0 Å². The van der Waals surface area contributed by atoms with Crippen molar-refractivity contribution in [1.29, 1.82) is 0 Å². The van der Waals surface area contributed by atoms with Crippen LogP contribution in [0.2, 0.25) is 0 Å². The van der Waals surface area contributed by atoms with E-state index in [1.54, 1.807) is 0 Å². The number of rotatable bonds is 2. The molecule has 6 heteroatoms. The fourth-order valence-electron chi connectivity index (χ4n) is 1.32. The Kier molecular flexibility index (Phi) is 5.62. The van der Waals surface area contributed by atoms with Crippen LogP contribution in [0.1, 0.15) is 0 Å². The van der Waals surface area contributed by atoms with Gasteiger partial charge in [0.25, 0.3) is 0 Å². The maximum absolute atomic E-state index is 9.22. The molecule has 0 saturated heterocycles. The molecule has 0 radical (unpaired) electrons. The Bertz CT molecular complexity index is 594. The molecule has 1 aromatic carbocycles. The highest BCUT2D eigenvalue weighted by atomic mass is 32.3. The van der Waals surface area contributed by atoms with E-state index < -0.39 is 10.4 Å². The molecule has 1 heterocycles. The summed E-state index contributed by atoms with van der Waals surface area (Å²) in [5.74, 6) is 0. The minimum atomic E-state index is -4.41. The van der Waals surface area contributed by atoms with Crippen LogP contribution in [0.25, 0.3) is 11.1 Å². The highest BCUT2D eigenvalue weighted by molar-refractivity contribution is 7.80. The topological polar surface area (TPSA) is 70.3 Å². The first-order valence-corrected chi connectivity index (χ1v) is 6.78. The summed E-state index contributed by atoms with van der Waals surface area (Å²) in [6, 6.07) is 14.6. The highest BCUT2D eigenvalue weighted by Gasteiger charge is 1.97. The van der Waals surface area contributed by atoms with Gasteiger partial charge in [-0.15, -0.1) is 0 Å². The van der Waals surface area contributed by atoms with E-state index in [1.807, 2.05) is 17.7 Å². The smallest absolute Gasteiger partial charge is 0.217 e. The monoisotopic (exact) mass is 281 g/mol. The Balaban J connectivity index is 0.000000258. The first-order chi connectivity index (χ1) is 8.92. The second-order valence-corrected chi connectivity index (χ2v) is 4.84. The molecular weight excluding hydrogens is 266 g/mol. The van der Waals surface area contributed by atoms with Gasteiger partial charge in [-0.25, -0.2) is 13.0 Å². The van der Waals surface area contributed by atoms with Gasteiger partial charge in [-0.2, -0.15) is 0 Å². The number of pyridine rings is 1. The Morgan fingerprint density at radius 1 is 1.00 bits per heavy atom. The van der Waals surface area contributed by atoms with Gasteiger partial charge in [-0.1, -0.05) is 30.3 Å². The summed E-state index contributed by atoms with van der Waals surface area (Å²) in [7, 11) is -1.58. The Morgan fingerprint density at radius 3 is 1.84 bits per heavy atom. The molecule has 0 spiro atoms. The number of hydrogen-bond acceptors (Lipinski definition) is 4. The Hall–Kier alpha value is -1.76. The molecule has 0 aliphatic carbocycles. The van der Waals surface area contributed by atoms with Crippen molar-refractivity contribution >= 4 is 10.4 Å². The van der Waals surface area contributed by atoms with Crippen LogP contribution >= 0.6 is 0 Å². The van der Waals surface area contributed by atoms with Crippen molar-refractivity contribution in [2.24, 2.45) is 7.05 Å². The van der Waals surface area contributed by atoms with E-state index in [0.717, 1.165) is 7.11 Å². The van der Waals surface area contributed by atoms with Crippen molar-refractivity contribution in [2.45, 2.75) is 0 Å². The highest BCUT2D eigenvalue weighted by Crippen LogP contribution is 2.16. The second-order valence-electron chi connectivity index (χ2n) is 3.69. The minimum Gasteiger partial charge on any atom is -0.726 e. The summed E-state index contributed by atoms with van der Waals surface area (Å²) in [4.78, 5) is 0. The molecule has 102 valence electrons. The SMILES string of the molecule is COS(=O)(=O)[O-].C[n+]1ccc(-c2ccccc2)cc1. The Labute approximate surface area is 113 Å². The fourth-order valence-corrected chi connectivity index (χ4v) is 1.32.